The van der Waals surface area contributed by atoms with Gasteiger partial charge in [-0.05, 0) is 31.6 Å². The van der Waals surface area contributed by atoms with Crippen molar-refractivity contribution in [2.24, 2.45) is 28.7 Å². The Bertz CT molecular complexity index is 626. The van der Waals surface area contributed by atoms with Crippen LogP contribution in [-0.4, -0.2) is 50.2 Å². The van der Waals surface area contributed by atoms with Crippen LogP contribution in [0, 0.1) is 23.7 Å². The van der Waals surface area contributed by atoms with Gasteiger partial charge in [-0.15, -0.1) is 46.4 Å². The van der Waals surface area contributed by atoms with E-state index < -0.39 is 21.5 Å². The zero-order valence-electron chi connectivity index (χ0n) is 13.8. The van der Waals surface area contributed by atoms with E-state index in [0.717, 1.165) is 18.7 Å². The van der Waals surface area contributed by atoms with Gasteiger partial charge in [0.25, 0.3) is 0 Å². The number of rotatable bonds is 0. The Hall–Kier alpha value is 0.300. The Kier molecular flexibility index (Phi) is 4.28. The molecule has 10 unspecified atom stereocenters. The van der Waals surface area contributed by atoms with Gasteiger partial charge < -0.3 is 0 Å². The van der Waals surface area contributed by atoms with Gasteiger partial charge in [-0.25, -0.2) is 0 Å². The number of hydrogen-bond donors (Lipinski definition) is 0. The molecular weight excluding hydrogens is 402 g/mol. The van der Waals surface area contributed by atoms with Gasteiger partial charge in [0.1, 0.15) is 5.84 Å². The van der Waals surface area contributed by atoms with E-state index in [4.69, 9.17) is 51.4 Å². The van der Waals surface area contributed by atoms with Crippen molar-refractivity contribution >= 4 is 58.1 Å². The first-order chi connectivity index (χ1) is 12.0. The van der Waals surface area contributed by atoms with Crippen LogP contribution in [0.3, 0.4) is 0 Å². The fourth-order valence-electron chi connectivity index (χ4n) is 6.25. The summed E-state index contributed by atoms with van der Waals surface area (Å²) in [5.74, 6) is 1.58. The van der Waals surface area contributed by atoms with Gasteiger partial charge in [-0.3, -0.25) is 14.7 Å². The van der Waals surface area contributed by atoms with E-state index in [1.807, 2.05) is 4.90 Å². The van der Waals surface area contributed by atoms with Crippen LogP contribution in [0.5, 0.6) is 0 Å². The highest BCUT2D eigenvalue weighted by molar-refractivity contribution is 6.40. The first-order valence-corrected chi connectivity index (χ1v) is 11.2. The number of alkyl halides is 4. The average molecular weight is 424 g/mol. The van der Waals surface area contributed by atoms with Crippen molar-refractivity contribution in [3.05, 3.63) is 0 Å². The van der Waals surface area contributed by atoms with E-state index in [1.54, 1.807) is 0 Å². The third-order valence-electron chi connectivity index (χ3n) is 7.27. The number of halogens is 4. The molecule has 5 rings (SSSR count). The SMILES string of the molecule is O=C1C2C(Cl)C(Cl)C(Cl)C(Cl)C2C2=NC3CCCC4CCCC(C43)N12. The molecule has 0 N–H and O–H groups in total. The van der Waals surface area contributed by atoms with Gasteiger partial charge in [0, 0.05) is 17.9 Å². The number of nitrogens with zero attached hydrogens (tertiary/aromatic N) is 2. The van der Waals surface area contributed by atoms with Crippen LogP contribution >= 0.6 is 46.4 Å². The lowest BCUT2D eigenvalue weighted by molar-refractivity contribution is -0.134. The predicted octanol–water partition coefficient (Wildman–Crippen LogP) is 4.25. The van der Waals surface area contributed by atoms with Crippen molar-refractivity contribution in [2.75, 3.05) is 0 Å². The van der Waals surface area contributed by atoms with E-state index in [2.05, 4.69) is 0 Å². The maximum Gasteiger partial charge on any atom is 0.233 e. The fraction of sp³-hybridized carbons (Fsp3) is 0.889. The lowest BCUT2D eigenvalue weighted by Gasteiger charge is -2.51. The minimum absolute atomic E-state index is 0.0818. The number of amidine groups is 1. The van der Waals surface area contributed by atoms with Crippen LogP contribution in [0.15, 0.2) is 4.99 Å². The highest BCUT2D eigenvalue weighted by atomic mass is 35.5. The molecule has 3 aliphatic carbocycles. The summed E-state index contributed by atoms with van der Waals surface area (Å²) in [5.41, 5.74) is 0. The second-order valence-electron chi connectivity index (χ2n) is 8.36. The van der Waals surface area contributed by atoms with Crippen LogP contribution in [0.25, 0.3) is 0 Å². The minimum atomic E-state index is -0.501. The Labute approximate surface area is 168 Å². The number of carbonyl (C=O) groups excluding carboxylic acids is 1. The molecule has 10 atom stereocenters. The number of hydrogen-bond acceptors (Lipinski definition) is 2. The topological polar surface area (TPSA) is 32.7 Å². The molecule has 0 bridgehead atoms. The van der Waals surface area contributed by atoms with Crippen LogP contribution in [0.2, 0.25) is 0 Å². The van der Waals surface area contributed by atoms with E-state index in [-0.39, 0.29) is 23.8 Å². The van der Waals surface area contributed by atoms with E-state index >= 15 is 0 Å². The van der Waals surface area contributed by atoms with Gasteiger partial charge >= 0.3 is 0 Å². The van der Waals surface area contributed by atoms with Gasteiger partial charge in [0.15, 0.2) is 0 Å². The molecule has 2 aliphatic heterocycles. The monoisotopic (exact) mass is 422 g/mol. The second kappa shape index (κ2) is 6.15. The molecule has 1 amide bonds. The molecular formula is C18H22Cl4N2O. The molecule has 4 fully saturated rings. The summed E-state index contributed by atoms with van der Waals surface area (Å²) in [6.07, 6.45) is 7.18. The predicted molar refractivity (Wildman–Crippen MR) is 102 cm³/mol. The average Bonchev–Trinajstić information content (AvgIpc) is 2.91. The molecule has 1 saturated heterocycles. The standard InChI is InChI=1S/C18H22Cl4N2O/c19-13-11-12(14(20)16(22)15(13)21)18(25)24-9-6-2-4-7-3-1-5-8(10(7)9)23-17(11)24/h7-16H,1-6H2. The molecule has 0 spiro atoms. The molecule has 2 heterocycles. The van der Waals surface area contributed by atoms with Gasteiger partial charge in [0.2, 0.25) is 5.91 Å². The third-order valence-corrected chi connectivity index (χ3v) is 9.82. The zero-order valence-corrected chi connectivity index (χ0v) is 16.9. The smallest absolute Gasteiger partial charge is 0.233 e. The Morgan fingerprint density at radius 1 is 0.840 bits per heavy atom. The van der Waals surface area contributed by atoms with Crippen LogP contribution in [0.4, 0.5) is 0 Å². The lowest BCUT2D eigenvalue weighted by Crippen LogP contribution is -2.57. The first-order valence-electron chi connectivity index (χ1n) is 9.47. The maximum atomic E-state index is 13.4. The van der Waals surface area contributed by atoms with Crippen LogP contribution in [-0.2, 0) is 4.79 Å². The molecule has 138 valence electrons. The molecule has 0 aromatic carbocycles. The zero-order chi connectivity index (χ0) is 17.5. The van der Waals surface area contributed by atoms with Crippen molar-refractivity contribution in [2.45, 2.75) is 72.1 Å². The summed E-state index contributed by atoms with van der Waals surface area (Å²) in [5, 5.41) is -1.85. The van der Waals surface area contributed by atoms with E-state index in [0.29, 0.717) is 17.9 Å². The first kappa shape index (κ1) is 17.4. The summed E-state index contributed by atoms with van der Waals surface area (Å²) in [6.45, 7) is 0. The van der Waals surface area contributed by atoms with Crippen molar-refractivity contribution in [1.82, 2.24) is 4.90 Å². The molecule has 5 aliphatic rings. The van der Waals surface area contributed by atoms with Crippen molar-refractivity contribution in [3.8, 4) is 0 Å². The van der Waals surface area contributed by atoms with Crippen LogP contribution in [0.1, 0.15) is 38.5 Å². The molecule has 0 aromatic heterocycles. The van der Waals surface area contributed by atoms with Gasteiger partial charge in [-0.1, -0.05) is 12.8 Å². The fourth-order valence-corrected chi connectivity index (χ4v) is 7.87. The van der Waals surface area contributed by atoms with Gasteiger partial charge in [-0.2, -0.15) is 0 Å². The van der Waals surface area contributed by atoms with E-state index in [1.165, 1.54) is 25.7 Å². The van der Waals surface area contributed by atoms with E-state index in [9.17, 15) is 4.79 Å². The quantitative estimate of drug-likeness (QED) is 0.536. The third kappa shape index (κ3) is 2.31. The Balaban J connectivity index is 1.60. The molecule has 3 nitrogen and oxygen atoms in total. The molecule has 0 aromatic rings. The Morgan fingerprint density at radius 2 is 1.48 bits per heavy atom. The molecule has 7 heteroatoms. The van der Waals surface area contributed by atoms with Crippen molar-refractivity contribution in [3.63, 3.8) is 0 Å². The van der Waals surface area contributed by atoms with Gasteiger partial charge in [0.05, 0.1) is 33.5 Å². The summed E-state index contributed by atoms with van der Waals surface area (Å²) in [6, 6.07) is 0.604. The number of carbonyl (C=O) groups is 1. The number of aliphatic imine (C=N–C) groups is 1. The summed E-state index contributed by atoms with van der Waals surface area (Å²) < 4.78 is 0. The largest absolute Gasteiger partial charge is 0.297 e. The minimum Gasteiger partial charge on any atom is -0.297 e. The normalized spacial score (nSPS) is 54.5. The highest BCUT2D eigenvalue weighted by Crippen LogP contribution is 2.53. The molecule has 25 heavy (non-hydrogen) atoms. The number of fused-ring (bicyclic) bond motifs is 4. The maximum absolute atomic E-state index is 13.4. The molecule has 3 saturated carbocycles. The van der Waals surface area contributed by atoms with Crippen LogP contribution < -0.4 is 0 Å². The van der Waals surface area contributed by atoms with Crippen molar-refractivity contribution in [1.29, 1.82) is 0 Å². The highest BCUT2D eigenvalue weighted by Gasteiger charge is 2.63. The second-order valence-corrected chi connectivity index (χ2v) is 10.4. The van der Waals surface area contributed by atoms with Crippen molar-refractivity contribution < 1.29 is 4.79 Å². The lowest BCUT2D eigenvalue weighted by atomic mass is 9.65. The summed E-state index contributed by atoms with van der Waals surface area (Å²) in [4.78, 5) is 20.4. The molecule has 0 radical (unpaired) electrons. The number of amides is 1. The summed E-state index contributed by atoms with van der Waals surface area (Å²) >= 11 is 26.2. The Morgan fingerprint density at radius 3 is 2.20 bits per heavy atom. The summed E-state index contributed by atoms with van der Waals surface area (Å²) in [7, 11) is 0.